The molecule has 0 bridgehead atoms. The molecule has 0 aliphatic carbocycles. The van der Waals surface area contributed by atoms with Gasteiger partial charge in [-0.15, -0.1) is 0 Å². The van der Waals surface area contributed by atoms with E-state index in [0.29, 0.717) is 6.41 Å². The van der Waals surface area contributed by atoms with Crippen LogP contribution in [0.3, 0.4) is 0 Å². The van der Waals surface area contributed by atoms with Crippen molar-refractivity contribution in [2.24, 2.45) is 0 Å². The summed E-state index contributed by atoms with van der Waals surface area (Å²) in [5, 5.41) is 2.19. The van der Waals surface area contributed by atoms with Crippen LogP contribution in [0, 0.1) is 0 Å². The molecule has 1 amide bonds. The van der Waals surface area contributed by atoms with Crippen LogP contribution in [0.5, 0.6) is 0 Å². The van der Waals surface area contributed by atoms with Crippen molar-refractivity contribution >= 4 is 32.1 Å². The van der Waals surface area contributed by atoms with E-state index in [1.165, 1.54) is 0 Å². The number of anilines is 3. The molecule has 0 radical (unpaired) electrons. The number of nitrogens with one attached hydrogen (secondary N) is 1. The third-order valence-corrected chi connectivity index (χ3v) is 0.858. The largest absolute Gasteiger partial charge is 0.466 e. The number of nitrogens with two attached hydrogens (primary N) is 2. The van der Waals surface area contributed by atoms with Gasteiger partial charge in [0.25, 0.3) is 0 Å². The second-order valence-corrected chi connectivity index (χ2v) is 3.18. The Hall–Kier alpha value is -1.81. The Kier molecular flexibility index (Phi) is 5.25. The van der Waals surface area contributed by atoms with E-state index in [9.17, 15) is 4.79 Å². The number of carbonyl (C=O) groups is 1. The summed E-state index contributed by atoms with van der Waals surface area (Å²) in [5.41, 5.74) is 10.4. The van der Waals surface area contributed by atoms with Crippen molar-refractivity contribution in [2.45, 2.75) is 0 Å². The van der Waals surface area contributed by atoms with Crippen molar-refractivity contribution < 1.29 is 24.0 Å². The minimum Gasteiger partial charge on any atom is -0.368 e. The number of nitrogens with zero attached hydrogens (tertiary/aromatic N) is 3. The maximum atomic E-state index is 9.90. The third kappa shape index (κ3) is 8.77. The maximum absolute atomic E-state index is 9.90. The zero-order valence-corrected chi connectivity index (χ0v) is 8.57. The van der Waals surface area contributed by atoms with Crippen molar-refractivity contribution in [3.63, 3.8) is 0 Å². The number of hydrogen-bond acceptors (Lipinski definition) is 7. The molecule has 1 rings (SSSR count). The lowest BCUT2D eigenvalue weighted by Gasteiger charge is -1.97. The van der Waals surface area contributed by atoms with Gasteiger partial charge in [0.15, 0.2) is 0 Å². The molecular formula is C4H9N6O5P. The van der Waals surface area contributed by atoms with E-state index >= 15 is 0 Å². The highest BCUT2D eigenvalue weighted by Gasteiger charge is 2.00. The van der Waals surface area contributed by atoms with E-state index in [2.05, 4.69) is 20.3 Å². The molecule has 0 unspecified atom stereocenters. The summed E-state index contributed by atoms with van der Waals surface area (Å²) >= 11 is 0. The molecule has 0 atom stereocenters. The van der Waals surface area contributed by atoms with E-state index in [1.54, 1.807) is 0 Å². The van der Waals surface area contributed by atoms with Gasteiger partial charge >= 0.3 is 7.82 Å². The topological polar surface area (TPSA) is 198 Å². The summed E-state index contributed by atoms with van der Waals surface area (Å²) in [5.74, 6) is -0.00583. The molecule has 8 N–H and O–H groups in total. The van der Waals surface area contributed by atoms with Crippen LogP contribution in [0.25, 0.3) is 0 Å². The first-order valence-electron chi connectivity index (χ1n) is 3.48. The minimum absolute atomic E-state index is 0.0261. The molecule has 0 aliphatic heterocycles. The molecule has 0 aromatic carbocycles. The first-order chi connectivity index (χ1) is 7.22. The highest BCUT2D eigenvalue weighted by molar-refractivity contribution is 7.45. The van der Waals surface area contributed by atoms with Crippen LogP contribution in [0.1, 0.15) is 0 Å². The van der Waals surface area contributed by atoms with Crippen LogP contribution in [0.15, 0.2) is 0 Å². The van der Waals surface area contributed by atoms with Gasteiger partial charge in [0, 0.05) is 0 Å². The molecule has 0 spiro atoms. The van der Waals surface area contributed by atoms with Crippen molar-refractivity contribution in [3.05, 3.63) is 0 Å². The molecule has 16 heavy (non-hydrogen) atoms. The Morgan fingerprint density at radius 1 is 1.12 bits per heavy atom. The monoisotopic (exact) mass is 252 g/mol. The molecule has 11 nitrogen and oxygen atoms in total. The SMILES string of the molecule is Nc1nc(N)nc(NC=O)n1.O=P(O)(O)O. The van der Waals surface area contributed by atoms with Gasteiger partial charge in [-0.05, 0) is 0 Å². The zero-order valence-electron chi connectivity index (χ0n) is 7.68. The van der Waals surface area contributed by atoms with Gasteiger partial charge < -0.3 is 26.1 Å². The van der Waals surface area contributed by atoms with E-state index in [1.807, 2.05) is 0 Å². The molecule has 0 saturated heterocycles. The Bertz CT molecular complexity index is 377. The fraction of sp³-hybridized carbons (Fsp3) is 0. The minimum atomic E-state index is -4.64. The fourth-order valence-corrected chi connectivity index (χ4v) is 0.527. The second kappa shape index (κ2) is 5.92. The zero-order chi connectivity index (χ0) is 12.8. The number of phosphoric acid groups is 1. The van der Waals surface area contributed by atoms with Crippen LogP contribution < -0.4 is 16.8 Å². The van der Waals surface area contributed by atoms with E-state index in [0.717, 1.165) is 0 Å². The van der Waals surface area contributed by atoms with Gasteiger partial charge in [-0.1, -0.05) is 0 Å². The smallest absolute Gasteiger partial charge is 0.368 e. The van der Waals surface area contributed by atoms with Crippen LogP contribution in [0.4, 0.5) is 17.8 Å². The predicted octanol–water partition coefficient (Wildman–Crippen LogP) is -2.32. The Labute approximate surface area is 88.8 Å². The van der Waals surface area contributed by atoms with Crippen LogP contribution in [-0.4, -0.2) is 36.0 Å². The molecule has 0 aliphatic rings. The number of rotatable bonds is 2. The number of hydrogen-bond donors (Lipinski definition) is 6. The fourth-order valence-electron chi connectivity index (χ4n) is 0.527. The standard InChI is InChI=1S/C4H6N6O.H3O4P/c5-2-8-3(6)10-4(9-2)7-1-11;1-5(2,3)4/h1H,(H5,5,6,7,8,9,10,11);(H3,1,2,3,4). The van der Waals surface area contributed by atoms with Gasteiger partial charge in [0.2, 0.25) is 24.3 Å². The summed E-state index contributed by atoms with van der Waals surface area (Å²) in [7, 11) is -4.64. The number of nitrogen functional groups attached to an aromatic ring is 2. The maximum Gasteiger partial charge on any atom is 0.466 e. The van der Waals surface area contributed by atoms with Crippen LogP contribution in [0.2, 0.25) is 0 Å². The highest BCUT2D eigenvalue weighted by Crippen LogP contribution is 2.25. The van der Waals surface area contributed by atoms with Gasteiger partial charge in [-0.2, -0.15) is 15.0 Å². The number of aromatic nitrogens is 3. The van der Waals surface area contributed by atoms with Gasteiger partial charge in [-0.25, -0.2) is 4.57 Å². The molecular weight excluding hydrogens is 243 g/mol. The lowest BCUT2D eigenvalue weighted by Crippen LogP contribution is -2.07. The van der Waals surface area contributed by atoms with E-state index in [-0.39, 0.29) is 17.8 Å². The molecule has 1 heterocycles. The number of carbonyl (C=O) groups excluding carboxylic acids is 1. The normalized spacial score (nSPS) is 9.94. The van der Waals surface area contributed by atoms with Crippen molar-refractivity contribution in [1.82, 2.24) is 15.0 Å². The van der Waals surface area contributed by atoms with Gasteiger partial charge in [0.1, 0.15) is 0 Å². The van der Waals surface area contributed by atoms with E-state index < -0.39 is 7.82 Å². The highest BCUT2D eigenvalue weighted by atomic mass is 31.2. The van der Waals surface area contributed by atoms with Crippen LogP contribution >= 0.6 is 7.82 Å². The molecule has 0 fully saturated rings. The number of amides is 1. The average molecular weight is 252 g/mol. The Balaban J connectivity index is 0.000000385. The summed E-state index contributed by atoms with van der Waals surface area (Å²) in [4.78, 5) is 42.1. The Morgan fingerprint density at radius 2 is 1.50 bits per heavy atom. The molecule has 0 saturated carbocycles. The summed E-state index contributed by atoms with van der Waals surface area (Å²) in [6, 6.07) is 0. The molecule has 1 aromatic rings. The Morgan fingerprint density at radius 3 is 1.81 bits per heavy atom. The average Bonchev–Trinajstić information content (AvgIpc) is 1.98. The van der Waals surface area contributed by atoms with Gasteiger partial charge in [-0.3, -0.25) is 10.1 Å². The molecule has 90 valence electrons. The predicted molar refractivity (Wildman–Crippen MR) is 52.6 cm³/mol. The summed E-state index contributed by atoms with van der Waals surface area (Å²) in [6.45, 7) is 0. The lowest BCUT2D eigenvalue weighted by atomic mass is 10.8. The third-order valence-electron chi connectivity index (χ3n) is 0.858. The molecule has 12 heteroatoms. The van der Waals surface area contributed by atoms with Crippen LogP contribution in [-0.2, 0) is 9.36 Å². The summed E-state index contributed by atoms with van der Waals surface area (Å²) in [6.07, 6.45) is 0.425. The quantitative estimate of drug-likeness (QED) is 0.245. The van der Waals surface area contributed by atoms with Crippen molar-refractivity contribution in [2.75, 3.05) is 16.8 Å². The lowest BCUT2D eigenvalue weighted by molar-refractivity contribution is -0.105. The summed E-state index contributed by atoms with van der Waals surface area (Å²) < 4.78 is 8.88. The second-order valence-electron chi connectivity index (χ2n) is 2.15. The van der Waals surface area contributed by atoms with Gasteiger partial charge in [0.05, 0.1) is 0 Å². The first-order valence-corrected chi connectivity index (χ1v) is 5.04. The van der Waals surface area contributed by atoms with Crippen molar-refractivity contribution in [1.29, 1.82) is 0 Å². The first kappa shape index (κ1) is 14.2. The van der Waals surface area contributed by atoms with E-state index in [4.69, 9.17) is 30.7 Å². The van der Waals surface area contributed by atoms with Crippen molar-refractivity contribution in [3.8, 4) is 0 Å². The molecule has 1 aromatic heterocycles.